The van der Waals surface area contributed by atoms with Gasteiger partial charge in [-0.1, -0.05) is 30.1 Å². The van der Waals surface area contributed by atoms with E-state index in [1.165, 1.54) is 0 Å². The summed E-state index contributed by atoms with van der Waals surface area (Å²) in [7, 11) is 0. The molecule has 1 heterocycles. The van der Waals surface area contributed by atoms with Crippen LogP contribution in [0.1, 0.15) is 44.7 Å². The number of hydrogen-bond acceptors (Lipinski definition) is 3. The zero-order valence-corrected chi connectivity index (χ0v) is 16.4. The van der Waals surface area contributed by atoms with Crippen molar-refractivity contribution in [2.75, 3.05) is 0 Å². The molecule has 1 aromatic heterocycles. The van der Waals surface area contributed by atoms with Crippen molar-refractivity contribution in [2.45, 2.75) is 45.8 Å². The SMILES string of the molecule is CCCC(C1=C(C)CC(=NOCc2c(F)c(F)c(F)c(F)c2F)C=C1)n1ccnc1. The van der Waals surface area contributed by atoms with Crippen LogP contribution in [0.2, 0.25) is 0 Å². The predicted molar refractivity (Wildman–Crippen MR) is 101 cm³/mol. The van der Waals surface area contributed by atoms with Gasteiger partial charge in [-0.3, -0.25) is 0 Å². The van der Waals surface area contributed by atoms with Gasteiger partial charge in [0.2, 0.25) is 5.82 Å². The van der Waals surface area contributed by atoms with E-state index in [-0.39, 0.29) is 6.04 Å². The summed E-state index contributed by atoms with van der Waals surface area (Å²) in [6.45, 7) is 3.15. The predicted octanol–water partition coefficient (Wildman–Crippen LogP) is 5.77. The van der Waals surface area contributed by atoms with E-state index in [9.17, 15) is 22.0 Å². The topological polar surface area (TPSA) is 39.4 Å². The summed E-state index contributed by atoms with van der Waals surface area (Å²) in [5.74, 6) is -10.1. The molecular weight excluding hydrogens is 405 g/mol. The first-order chi connectivity index (χ1) is 14.3. The second-order valence-electron chi connectivity index (χ2n) is 6.96. The van der Waals surface area contributed by atoms with Gasteiger partial charge in [0, 0.05) is 18.8 Å². The number of hydrogen-bond donors (Lipinski definition) is 0. The van der Waals surface area contributed by atoms with Crippen LogP contribution < -0.4 is 0 Å². The number of oxime groups is 1. The fourth-order valence-corrected chi connectivity index (χ4v) is 3.37. The highest BCUT2D eigenvalue weighted by Gasteiger charge is 2.26. The molecule has 160 valence electrons. The van der Waals surface area contributed by atoms with Crippen molar-refractivity contribution in [3.8, 4) is 0 Å². The van der Waals surface area contributed by atoms with E-state index >= 15 is 0 Å². The van der Waals surface area contributed by atoms with Crippen LogP contribution in [-0.2, 0) is 11.4 Å². The first-order valence-electron chi connectivity index (χ1n) is 9.39. The Hall–Kier alpha value is -2.97. The van der Waals surface area contributed by atoms with Crippen LogP contribution in [0.3, 0.4) is 0 Å². The van der Waals surface area contributed by atoms with E-state index in [0.717, 1.165) is 24.0 Å². The highest BCUT2D eigenvalue weighted by Crippen LogP contribution is 2.31. The molecule has 1 aromatic carbocycles. The average Bonchev–Trinajstić information content (AvgIpc) is 3.27. The molecule has 4 nitrogen and oxygen atoms in total. The summed E-state index contributed by atoms with van der Waals surface area (Å²) in [5.41, 5.74) is 1.55. The molecule has 9 heteroatoms. The van der Waals surface area contributed by atoms with Crippen LogP contribution in [0, 0.1) is 29.1 Å². The van der Waals surface area contributed by atoms with Gasteiger partial charge in [0.15, 0.2) is 23.3 Å². The van der Waals surface area contributed by atoms with Crippen LogP contribution in [-0.4, -0.2) is 15.3 Å². The molecule has 3 rings (SSSR count). The molecule has 1 aliphatic rings. The summed E-state index contributed by atoms with van der Waals surface area (Å²) in [5, 5.41) is 3.80. The number of allylic oxidation sites excluding steroid dienone is 4. The fourth-order valence-electron chi connectivity index (χ4n) is 3.37. The highest BCUT2D eigenvalue weighted by atomic mass is 19.2. The Labute approximate surface area is 170 Å². The van der Waals surface area contributed by atoms with Crippen LogP contribution in [0.5, 0.6) is 0 Å². The zero-order valence-electron chi connectivity index (χ0n) is 16.4. The number of aromatic nitrogens is 2. The normalized spacial score (nSPS) is 16.4. The van der Waals surface area contributed by atoms with E-state index in [1.54, 1.807) is 18.6 Å². The van der Waals surface area contributed by atoms with Crippen LogP contribution in [0.4, 0.5) is 22.0 Å². The second-order valence-corrected chi connectivity index (χ2v) is 6.96. The number of imidazole rings is 1. The Balaban J connectivity index is 1.73. The standard InChI is InChI=1S/C21H20F5N3O/c1-3-4-16(29-8-7-27-11-29)14-6-5-13(9-12(14)2)28-30-10-15-17(22)19(24)21(26)20(25)18(15)23/h5-8,11,16H,3-4,9-10H2,1-2H3. The van der Waals surface area contributed by atoms with Crippen LogP contribution in [0.25, 0.3) is 0 Å². The summed E-state index contributed by atoms with van der Waals surface area (Å²) in [4.78, 5) is 8.99. The Morgan fingerprint density at radius 1 is 1.07 bits per heavy atom. The Bertz CT molecular complexity index is 983. The largest absolute Gasteiger partial charge is 0.390 e. The maximum atomic E-state index is 13.7. The smallest absolute Gasteiger partial charge is 0.200 e. The molecule has 0 saturated heterocycles. The van der Waals surface area contributed by atoms with Crippen molar-refractivity contribution >= 4 is 5.71 Å². The van der Waals surface area contributed by atoms with Gasteiger partial charge in [0.05, 0.1) is 23.6 Å². The Morgan fingerprint density at radius 3 is 2.30 bits per heavy atom. The minimum atomic E-state index is -2.21. The van der Waals surface area contributed by atoms with Gasteiger partial charge in [-0.05, 0) is 25.0 Å². The molecule has 1 aliphatic carbocycles. The lowest BCUT2D eigenvalue weighted by atomic mass is 9.90. The van der Waals surface area contributed by atoms with Crippen LogP contribution in [0.15, 0.2) is 47.2 Å². The number of benzene rings is 1. The van der Waals surface area contributed by atoms with Gasteiger partial charge in [-0.2, -0.15) is 0 Å². The monoisotopic (exact) mass is 425 g/mol. The first kappa shape index (κ1) is 21.7. The highest BCUT2D eigenvalue weighted by molar-refractivity contribution is 5.98. The van der Waals surface area contributed by atoms with Crippen molar-refractivity contribution in [3.63, 3.8) is 0 Å². The molecule has 0 aliphatic heterocycles. The summed E-state index contributed by atoms with van der Waals surface area (Å²) in [6, 6.07) is 0.115. The first-order valence-corrected chi connectivity index (χ1v) is 9.39. The Morgan fingerprint density at radius 2 is 1.73 bits per heavy atom. The molecule has 0 amide bonds. The quantitative estimate of drug-likeness (QED) is 0.245. The molecule has 1 unspecified atom stereocenters. The van der Waals surface area contributed by atoms with Gasteiger partial charge >= 0.3 is 0 Å². The fraction of sp³-hybridized carbons (Fsp3) is 0.333. The van der Waals surface area contributed by atoms with E-state index in [2.05, 4.69) is 17.1 Å². The third-order valence-electron chi connectivity index (χ3n) is 4.89. The Kier molecular flexibility index (Phi) is 6.69. The number of rotatable bonds is 7. The summed E-state index contributed by atoms with van der Waals surface area (Å²) < 4.78 is 69.0. The average molecular weight is 425 g/mol. The zero-order chi connectivity index (χ0) is 21.8. The third-order valence-corrected chi connectivity index (χ3v) is 4.89. The molecule has 0 bridgehead atoms. The molecule has 1 atom stereocenters. The maximum Gasteiger partial charge on any atom is 0.200 e. The van der Waals surface area contributed by atoms with Crippen molar-refractivity contribution in [1.82, 2.24) is 9.55 Å². The number of nitrogens with zero attached hydrogens (tertiary/aromatic N) is 3. The minimum absolute atomic E-state index is 0.115. The van der Waals surface area contributed by atoms with Crippen molar-refractivity contribution in [3.05, 3.63) is 76.7 Å². The molecule has 0 radical (unpaired) electrons. The third kappa shape index (κ3) is 4.29. The maximum absolute atomic E-state index is 13.7. The van der Waals surface area contributed by atoms with Crippen molar-refractivity contribution in [2.24, 2.45) is 5.16 Å². The number of halogens is 5. The van der Waals surface area contributed by atoms with Gasteiger partial charge < -0.3 is 9.40 Å². The summed E-state index contributed by atoms with van der Waals surface area (Å²) in [6.07, 6.45) is 11.3. The molecule has 0 spiro atoms. The molecule has 0 saturated carbocycles. The molecule has 0 fully saturated rings. The molecule has 0 N–H and O–H groups in total. The van der Waals surface area contributed by atoms with Crippen molar-refractivity contribution < 1.29 is 26.8 Å². The lowest BCUT2D eigenvalue weighted by molar-refractivity contribution is 0.122. The van der Waals surface area contributed by atoms with Gasteiger partial charge in [-0.15, -0.1) is 0 Å². The van der Waals surface area contributed by atoms with E-state index < -0.39 is 41.3 Å². The van der Waals surface area contributed by atoms with Crippen LogP contribution >= 0.6 is 0 Å². The molecular formula is C21H20F5N3O. The second kappa shape index (κ2) is 9.23. The molecule has 2 aromatic rings. The van der Waals surface area contributed by atoms with Gasteiger partial charge in [0.1, 0.15) is 6.61 Å². The van der Waals surface area contributed by atoms with Gasteiger partial charge in [-0.25, -0.2) is 26.9 Å². The lowest BCUT2D eigenvalue weighted by Gasteiger charge is -2.24. The van der Waals surface area contributed by atoms with E-state index in [0.29, 0.717) is 12.1 Å². The van der Waals surface area contributed by atoms with Gasteiger partial charge in [0.25, 0.3) is 0 Å². The van der Waals surface area contributed by atoms with E-state index in [4.69, 9.17) is 4.84 Å². The van der Waals surface area contributed by atoms with Crippen molar-refractivity contribution in [1.29, 1.82) is 0 Å². The summed E-state index contributed by atoms with van der Waals surface area (Å²) >= 11 is 0. The lowest BCUT2D eigenvalue weighted by Crippen LogP contribution is -2.14. The minimum Gasteiger partial charge on any atom is -0.390 e. The molecule has 30 heavy (non-hydrogen) atoms. The van der Waals surface area contributed by atoms with E-state index in [1.807, 2.05) is 23.8 Å².